The van der Waals surface area contributed by atoms with Crippen LogP contribution >= 0.6 is 11.3 Å². The molecule has 1 aromatic heterocycles. The van der Waals surface area contributed by atoms with Gasteiger partial charge < -0.3 is 40.2 Å². The summed E-state index contributed by atoms with van der Waals surface area (Å²) in [5.74, 6) is -1.16. The van der Waals surface area contributed by atoms with Crippen molar-refractivity contribution in [1.82, 2.24) is 25.8 Å². The van der Waals surface area contributed by atoms with Crippen LogP contribution in [0, 0.1) is 34.5 Å². The largest absolute Gasteiger partial charge is 0.494 e. The molecule has 370 valence electrons. The second-order valence-electron chi connectivity index (χ2n) is 19.9. The molecule has 18 heteroatoms. The number of likely N-dealkylation sites (tertiary alicyclic amines) is 1. The molecule has 0 unspecified atom stereocenters. The highest BCUT2D eigenvalue weighted by Gasteiger charge is 2.64. The monoisotopic (exact) mass is 974 g/mol. The van der Waals surface area contributed by atoms with Crippen molar-refractivity contribution in [2.24, 2.45) is 16.2 Å². The summed E-state index contributed by atoms with van der Waals surface area (Å²) >= 11 is 1.56. The molecule has 4 N–H and O–H groups in total. The number of aliphatic hydroxyl groups is 1. The fraction of sp³-hybridized carbons (Fsp3) is 0.490. The third-order valence-electron chi connectivity index (χ3n) is 12.8. The minimum absolute atomic E-state index is 0.0141. The number of rotatable bonds is 18. The minimum Gasteiger partial charge on any atom is -0.494 e. The maximum Gasteiger partial charge on any atom is 0.417 e. The van der Waals surface area contributed by atoms with Gasteiger partial charge in [0.1, 0.15) is 36.3 Å². The van der Waals surface area contributed by atoms with Crippen LogP contribution in [0.5, 0.6) is 11.5 Å². The Kier molecular flexibility index (Phi) is 16.2. The number of halogens is 3. The predicted molar refractivity (Wildman–Crippen MR) is 253 cm³/mol. The topological polar surface area (TPSA) is 192 Å². The van der Waals surface area contributed by atoms with Crippen LogP contribution in [0.1, 0.15) is 100 Å². The predicted octanol–water partition coefficient (Wildman–Crippen LogP) is 7.61. The van der Waals surface area contributed by atoms with E-state index in [0.29, 0.717) is 30.8 Å². The number of nitriles is 1. The second-order valence-corrected chi connectivity index (χ2v) is 20.8. The highest BCUT2D eigenvalue weighted by atomic mass is 32.1. The zero-order chi connectivity index (χ0) is 50.5. The molecular formula is C51H61F3N6O8S. The van der Waals surface area contributed by atoms with Crippen molar-refractivity contribution in [3.63, 3.8) is 0 Å². The van der Waals surface area contributed by atoms with E-state index in [1.807, 2.05) is 79.7 Å². The van der Waals surface area contributed by atoms with Crippen LogP contribution in [0.4, 0.5) is 13.2 Å². The SMILES string of the molecule is Cc1ncsc1-c1ccc(CNC(=O)[C@@H]2C[C@@H](O)CN2C(=O)[C@@H](NC(=O)COCCCCOc2ccc(C(=O)NC3C(C)(C)C(Oc4ccc(C#N)c(C(F)(F)F)c4)C3(C)C)cc2)C(C)(C)C)cc1. The summed E-state index contributed by atoms with van der Waals surface area (Å²) in [6.45, 7) is 15.4. The van der Waals surface area contributed by atoms with Gasteiger partial charge >= 0.3 is 6.18 Å². The van der Waals surface area contributed by atoms with Crippen molar-refractivity contribution in [3.05, 3.63) is 100 Å². The number of benzene rings is 3. The molecule has 1 aliphatic heterocycles. The quantitative estimate of drug-likeness (QED) is 0.0722. The standard InChI is InChI=1S/C51H61F3N6O8S/c1-30-41(69-29-57-30)32-13-11-31(12-14-32)26-56-44(64)39-23-35(61)27-60(39)45(65)42(48(2,3)4)58-40(62)28-66-21-9-10-22-67-36-18-15-33(16-19-36)43(63)59-46-49(5,6)47(50(46,7)8)68-37-20-17-34(25-55)38(24-37)51(52,53)54/h11-20,24,29,35,39,42,46-47,61H,9-10,21-23,26-28H2,1-8H3,(H,56,64)(H,58,62)(H,59,63)/t35-,39+,42-,46?,47?/m1/s1. The van der Waals surface area contributed by atoms with Crippen LogP contribution in [0.15, 0.2) is 72.2 Å². The van der Waals surface area contributed by atoms with Gasteiger partial charge in [-0.15, -0.1) is 11.3 Å². The summed E-state index contributed by atoms with van der Waals surface area (Å²) in [4.78, 5) is 60.5. The van der Waals surface area contributed by atoms with Crippen LogP contribution in [-0.4, -0.2) is 95.3 Å². The molecule has 0 spiro atoms. The number of alkyl halides is 3. The average Bonchev–Trinajstić information content (AvgIpc) is 3.92. The van der Waals surface area contributed by atoms with E-state index in [1.165, 1.54) is 11.0 Å². The van der Waals surface area contributed by atoms with Gasteiger partial charge in [-0.25, -0.2) is 4.98 Å². The number of hydrogen-bond acceptors (Lipinski definition) is 11. The molecule has 0 bridgehead atoms. The maximum absolute atomic E-state index is 14.0. The summed E-state index contributed by atoms with van der Waals surface area (Å²) in [6, 6.07) is 17.0. The lowest BCUT2D eigenvalue weighted by molar-refractivity contribution is -0.164. The van der Waals surface area contributed by atoms with Gasteiger partial charge in [-0.2, -0.15) is 18.4 Å². The highest BCUT2D eigenvalue weighted by Crippen LogP contribution is 2.56. The van der Waals surface area contributed by atoms with Gasteiger partial charge in [-0.3, -0.25) is 19.2 Å². The van der Waals surface area contributed by atoms with Crippen LogP contribution in [0.2, 0.25) is 0 Å². The van der Waals surface area contributed by atoms with E-state index in [0.717, 1.165) is 33.8 Å². The third kappa shape index (κ3) is 12.4. The first-order chi connectivity index (χ1) is 32.4. The lowest BCUT2D eigenvalue weighted by Gasteiger charge is -2.63. The number of carbonyl (C=O) groups is 4. The normalized spacial score (nSPS) is 20.0. The van der Waals surface area contributed by atoms with Gasteiger partial charge in [-0.05, 0) is 78.8 Å². The van der Waals surface area contributed by atoms with Crippen LogP contribution in [-0.2, 0) is 31.8 Å². The van der Waals surface area contributed by atoms with Crippen molar-refractivity contribution in [2.45, 2.75) is 118 Å². The van der Waals surface area contributed by atoms with E-state index in [9.17, 15) is 37.5 Å². The van der Waals surface area contributed by atoms with Crippen LogP contribution < -0.4 is 25.4 Å². The molecule has 0 radical (unpaired) electrons. The van der Waals surface area contributed by atoms with Crippen molar-refractivity contribution >= 4 is 35.0 Å². The van der Waals surface area contributed by atoms with Crippen molar-refractivity contribution in [3.8, 4) is 28.0 Å². The van der Waals surface area contributed by atoms with Gasteiger partial charge in [0.25, 0.3) is 5.91 Å². The van der Waals surface area contributed by atoms with E-state index in [2.05, 4.69) is 20.9 Å². The number of aryl methyl sites for hydroxylation is 1. The number of aromatic nitrogens is 1. The Hall–Kier alpha value is -6.03. The zero-order valence-corrected chi connectivity index (χ0v) is 41.0. The average molecular weight is 975 g/mol. The number of hydrogen-bond donors (Lipinski definition) is 4. The molecule has 1 saturated heterocycles. The number of β-amino-alcohol motifs (C(OH)–C–C–N with tert-alkyl or cyclic N) is 1. The number of aliphatic hydroxyl groups excluding tert-OH is 1. The fourth-order valence-corrected chi connectivity index (χ4v) is 10.2. The molecule has 2 fully saturated rings. The Bertz CT molecular complexity index is 2500. The molecule has 6 rings (SSSR count). The Morgan fingerprint density at radius 3 is 2.22 bits per heavy atom. The first-order valence-electron chi connectivity index (χ1n) is 22.9. The number of amides is 4. The van der Waals surface area contributed by atoms with Gasteiger partial charge in [0.2, 0.25) is 17.7 Å². The molecular weight excluding hydrogens is 914 g/mol. The van der Waals surface area contributed by atoms with E-state index in [-0.39, 0.29) is 50.4 Å². The Morgan fingerprint density at radius 1 is 0.957 bits per heavy atom. The summed E-state index contributed by atoms with van der Waals surface area (Å²) in [5, 5.41) is 28.5. The summed E-state index contributed by atoms with van der Waals surface area (Å²) in [7, 11) is 0. The van der Waals surface area contributed by atoms with Gasteiger partial charge in [-0.1, -0.05) is 72.7 Å². The van der Waals surface area contributed by atoms with Crippen LogP contribution in [0.25, 0.3) is 10.4 Å². The van der Waals surface area contributed by atoms with Crippen molar-refractivity contribution in [1.29, 1.82) is 5.26 Å². The lowest BCUT2D eigenvalue weighted by atomic mass is 9.49. The minimum atomic E-state index is -4.72. The molecule has 14 nitrogen and oxygen atoms in total. The molecule has 3 atom stereocenters. The number of nitrogens with zero attached hydrogens (tertiary/aromatic N) is 3. The molecule has 4 aromatic rings. The smallest absolute Gasteiger partial charge is 0.417 e. The zero-order valence-electron chi connectivity index (χ0n) is 40.2. The summed E-state index contributed by atoms with van der Waals surface area (Å²) < 4.78 is 58.3. The van der Waals surface area contributed by atoms with Crippen LogP contribution in [0.3, 0.4) is 0 Å². The summed E-state index contributed by atoms with van der Waals surface area (Å²) in [5.41, 5.74) is 1.45. The number of ether oxygens (including phenoxy) is 3. The molecule has 3 aromatic carbocycles. The Balaban J connectivity index is 0.903. The fourth-order valence-electron chi connectivity index (χ4n) is 9.43. The first-order valence-corrected chi connectivity index (χ1v) is 23.7. The molecule has 69 heavy (non-hydrogen) atoms. The van der Waals surface area contributed by atoms with Gasteiger partial charge in [0.05, 0.1) is 46.0 Å². The highest BCUT2D eigenvalue weighted by molar-refractivity contribution is 7.13. The molecule has 2 aliphatic rings. The van der Waals surface area contributed by atoms with Crippen molar-refractivity contribution < 1.29 is 51.7 Å². The van der Waals surface area contributed by atoms with E-state index in [1.54, 1.807) is 47.2 Å². The molecule has 1 aliphatic carbocycles. The lowest BCUT2D eigenvalue weighted by Crippen LogP contribution is -2.74. The Labute approximate surface area is 404 Å². The molecule has 4 amide bonds. The number of carbonyl (C=O) groups excluding carboxylic acids is 4. The maximum atomic E-state index is 14.0. The summed E-state index contributed by atoms with van der Waals surface area (Å²) in [6.07, 6.45) is -4.92. The van der Waals surface area contributed by atoms with E-state index < -0.39 is 75.6 Å². The molecule has 2 heterocycles. The van der Waals surface area contributed by atoms with Gasteiger partial charge in [0.15, 0.2) is 0 Å². The van der Waals surface area contributed by atoms with E-state index >= 15 is 0 Å². The van der Waals surface area contributed by atoms with Crippen molar-refractivity contribution in [2.75, 3.05) is 26.4 Å². The first kappa shape index (κ1) is 52.3. The third-order valence-corrected chi connectivity index (χ3v) is 13.8. The number of nitrogens with one attached hydrogen (secondary N) is 3. The second kappa shape index (κ2) is 21.3. The molecule has 1 saturated carbocycles. The number of thiazole rings is 1. The Morgan fingerprint density at radius 2 is 1.61 bits per heavy atom. The number of unbranched alkanes of at least 4 members (excludes halogenated alkanes) is 1. The van der Waals surface area contributed by atoms with E-state index in [4.69, 9.17) is 19.5 Å². The van der Waals surface area contributed by atoms with Gasteiger partial charge in [0, 0.05) is 48.6 Å².